The molecule has 1 unspecified atom stereocenters. The molecule has 1 aromatic rings. The van der Waals surface area contributed by atoms with Gasteiger partial charge in [-0.15, -0.1) is 0 Å². The highest BCUT2D eigenvalue weighted by Crippen LogP contribution is 2.28. The predicted octanol–water partition coefficient (Wildman–Crippen LogP) is 1.55. The fraction of sp³-hybridized carbons (Fsp3) is 0.667. The van der Waals surface area contributed by atoms with Crippen molar-refractivity contribution in [1.82, 2.24) is 4.90 Å². The van der Waals surface area contributed by atoms with Gasteiger partial charge in [-0.05, 0) is 35.9 Å². The van der Waals surface area contributed by atoms with Crippen LogP contribution in [0.5, 0.6) is 0 Å². The maximum Gasteiger partial charge on any atom is 0.0547 e. The van der Waals surface area contributed by atoms with Gasteiger partial charge in [-0.25, -0.2) is 0 Å². The van der Waals surface area contributed by atoms with Crippen LogP contribution in [0.2, 0.25) is 0 Å². The smallest absolute Gasteiger partial charge is 0.0547 e. The Morgan fingerprint density at radius 3 is 3.06 bits per heavy atom. The number of hydrogen-bond acceptors (Lipinski definition) is 4. The molecule has 2 rings (SSSR count). The van der Waals surface area contributed by atoms with E-state index < -0.39 is 0 Å². The second-order valence-corrected chi connectivity index (χ2v) is 5.59. The predicted molar refractivity (Wildman–Crippen MR) is 67.6 cm³/mol. The summed E-state index contributed by atoms with van der Waals surface area (Å²) in [6, 6.07) is 2.18. The van der Waals surface area contributed by atoms with Crippen LogP contribution in [0, 0.1) is 5.41 Å². The van der Waals surface area contributed by atoms with Gasteiger partial charge in [-0.1, -0.05) is 0 Å². The monoisotopic (exact) mass is 240 g/mol. The molecule has 1 aromatic heterocycles. The molecule has 1 atom stereocenters. The van der Waals surface area contributed by atoms with Crippen molar-refractivity contribution in [3.63, 3.8) is 0 Å². The number of nitrogens with two attached hydrogens (primary N) is 1. The molecule has 3 nitrogen and oxygen atoms in total. The molecular formula is C12H20N2OS. The zero-order valence-electron chi connectivity index (χ0n) is 9.82. The van der Waals surface area contributed by atoms with Gasteiger partial charge in [0, 0.05) is 31.7 Å². The first-order valence-corrected chi connectivity index (χ1v) is 6.66. The fourth-order valence-corrected chi connectivity index (χ4v) is 2.98. The molecule has 1 aliphatic heterocycles. The lowest BCUT2D eigenvalue weighted by Crippen LogP contribution is -2.41. The zero-order chi connectivity index (χ0) is 11.4. The van der Waals surface area contributed by atoms with E-state index in [0.717, 1.165) is 39.3 Å². The molecular weight excluding hydrogens is 220 g/mol. The van der Waals surface area contributed by atoms with Crippen LogP contribution < -0.4 is 5.73 Å². The molecule has 90 valence electrons. The molecule has 1 fully saturated rings. The maximum atomic E-state index is 5.89. The topological polar surface area (TPSA) is 38.5 Å². The Balaban J connectivity index is 1.88. The molecule has 0 radical (unpaired) electrons. The van der Waals surface area contributed by atoms with Crippen LogP contribution in [0.3, 0.4) is 0 Å². The summed E-state index contributed by atoms with van der Waals surface area (Å²) in [5.41, 5.74) is 7.46. The quantitative estimate of drug-likeness (QED) is 0.848. The Labute approximate surface area is 101 Å². The average Bonchev–Trinajstić information content (AvgIpc) is 2.90. The lowest BCUT2D eigenvalue weighted by atomic mass is 9.87. The van der Waals surface area contributed by atoms with E-state index in [1.165, 1.54) is 5.56 Å². The van der Waals surface area contributed by atoms with Crippen molar-refractivity contribution in [2.45, 2.75) is 13.0 Å². The first-order chi connectivity index (χ1) is 7.74. The normalized spacial score (nSPS) is 25.4. The molecule has 16 heavy (non-hydrogen) atoms. The molecule has 4 heteroatoms. The van der Waals surface area contributed by atoms with E-state index in [1.54, 1.807) is 11.3 Å². The summed E-state index contributed by atoms with van der Waals surface area (Å²) >= 11 is 1.75. The molecule has 0 saturated carbocycles. The molecule has 1 aliphatic rings. The van der Waals surface area contributed by atoms with Gasteiger partial charge in [0.1, 0.15) is 0 Å². The zero-order valence-corrected chi connectivity index (χ0v) is 10.6. The van der Waals surface area contributed by atoms with Crippen molar-refractivity contribution in [1.29, 1.82) is 0 Å². The van der Waals surface area contributed by atoms with Crippen LogP contribution >= 0.6 is 11.3 Å². The Kier molecular flexibility index (Phi) is 3.97. The second-order valence-electron chi connectivity index (χ2n) is 4.81. The van der Waals surface area contributed by atoms with Gasteiger partial charge in [-0.2, -0.15) is 11.3 Å². The molecule has 0 spiro atoms. The summed E-state index contributed by atoms with van der Waals surface area (Å²) in [7, 11) is 2.16. The Bertz CT molecular complexity index is 307. The largest absolute Gasteiger partial charge is 0.381 e. The van der Waals surface area contributed by atoms with Gasteiger partial charge in [0.05, 0.1) is 6.61 Å². The van der Waals surface area contributed by atoms with E-state index in [0.29, 0.717) is 0 Å². The van der Waals surface area contributed by atoms with Gasteiger partial charge < -0.3 is 15.4 Å². The summed E-state index contributed by atoms with van der Waals surface area (Å²) < 4.78 is 5.48. The number of hydrogen-bond donors (Lipinski definition) is 1. The number of rotatable bonds is 5. The summed E-state index contributed by atoms with van der Waals surface area (Å²) in [5, 5.41) is 4.33. The lowest BCUT2D eigenvalue weighted by Gasteiger charge is -2.30. The highest BCUT2D eigenvalue weighted by atomic mass is 32.1. The van der Waals surface area contributed by atoms with Crippen LogP contribution in [0.25, 0.3) is 0 Å². The number of ether oxygens (including phenoxy) is 1. The van der Waals surface area contributed by atoms with Gasteiger partial charge in [0.15, 0.2) is 0 Å². The first-order valence-electron chi connectivity index (χ1n) is 5.72. The van der Waals surface area contributed by atoms with E-state index in [4.69, 9.17) is 10.5 Å². The third-order valence-electron chi connectivity index (χ3n) is 3.26. The Morgan fingerprint density at radius 2 is 2.50 bits per heavy atom. The van der Waals surface area contributed by atoms with Crippen molar-refractivity contribution in [2.75, 3.05) is 33.4 Å². The van der Waals surface area contributed by atoms with Crippen LogP contribution in [-0.2, 0) is 11.3 Å². The van der Waals surface area contributed by atoms with Crippen LogP contribution in [0.4, 0.5) is 0 Å². The van der Waals surface area contributed by atoms with Crippen LogP contribution in [-0.4, -0.2) is 38.3 Å². The van der Waals surface area contributed by atoms with E-state index in [2.05, 4.69) is 28.8 Å². The molecule has 2 heterocycles. The van der Waals surface area contributed by atoms with Crippen LogP contribution in [0.1, 0.15) is 12.0 Å². The van der Waals surface area contributed by atoms with Gasteiger partial charge in [0.2, 0.25) is 0 Å². The first kappa shape index (κ1) is 12.0. The number of thiophene rings is 1. The van der Waals surface area contributed by atoms with Gasteiger partial charge in [-0.3, -0.25) is 0 Å². The van der Waals surface area contributed by atoms with E-state index in [9.17, 15) is 0 Å². The van der Waals surface area contributed by atoms with E-state index in [1.807, 2.05) is 0 Å². The fourth-order valence-electron chi connectivity index (χ4n) is 2.32. The van der Waals surface area contributed by atoms with Crippen molar-refractivity contribution >= 4 is 11.3 Å². The third kappa shape index (κ3) is 2.83. The van der Waals surface area contributed by atoms with Crippen molar-refractivity contribution in [2.24, 2.45) is 11.1 Å². The van der Waals surface area contributed by atoms with Gasteiger partial charge >= 0.3 is 0 Å². The molecule has 0 amide bonds. The summed E-state index contributed by atoms with van der Waals surface area (Å²) in [4.78, 5) is 2.35. The second kappa shape index (κ2) is 5.27. The molecule has 0 aliphatic carbocycles. The Hall–Kier alpha value is -0.420. The molecule has 0 aromatic carbocycles. The third-order valence-corrected chi connectivity index (χ3v) is 3.99. The number of nitrogens with zero attached hydrogens (tertiary/aromatic N) is 1. The minimum absolute atomic E-state index is 0.185. The van der Waals surface area contributed by atoms with E-state index >= 15 is 0 Å². The minimum Gasteiger partial charge on any atom is -0.381 e. The summed E-state index contributed by atoms with van der Waals surface area (Å²) in [6.07, 6.45) is 1.09. The molecule has 1 saturated heterocycles. The highest BCUT2D eigenvalue weighted by molar-refractivity contribution is 7.07. The highest BCUT2D eigenvalue weighted by Gasteiger charge is 2.34. The van der Waals surface area contributed by atoms with Gasteiger partial charge in [0.25, 0.3) is 0 Å². The van der Waals surface area contributed by atoms with Crippen molar-refractivity contribution in [3.8, 4) is 0 Å². The molecule has 2 N–H and O–H groups in total. The summed E-state index contributed by atoms with van der Waals surface area (Å²) in [6.45, 7) is 4.44. The van der Waals surface area contributed by atoms with E-state index in [-0.39, 0.29) is 5.41 Å². The average molecular weight is 240 g/mol. The Morgan fingerprint density at radius 1 is 1.62 bits per heavy atom. The SMILES string of the molecule is CN(Cc1ccsc1)CC1(CN)CCOC1. The molecule has 0 bridgehead atoms. The lowest BCUT2D eigenvalue weighted by molar-refractivity contribution is 0.123. The standard InChI is InChI=1S/C12H20N2OS/c1-14(6-11-2-5-16-7-11)9-12(8-13)3-4-15-10-12/h2,5,7H,3-4,6,8-10,13H2,1H3. The minimum atomic E-state index is 0.185. The van der Waals surface area contributed by atoms with Crippen molar-refractivity contribution in [3.05, 3.63) is 22.4 Å². The van der Waals surface area contributed by atoms with Crippen molar-refractivity contribution < 1.29 is 4.74 Å². The maximum absolute atomic E-state index is 5.89. The van der Waals surface area contributed by atoms with Crippen LogP contribution in [0.15, 0.2) is 16.8 Å². The summed E-state index contributed by atoms with van der Waals surface area (Å²) in [5.74, 6) is 0.